The minimum atomic E-state index is -0.175. The molecule has 0 bridgehead atoms. The molecule has 1 saturated heterocycles. The SMILES string of the molecule is CNCC1CN(C)CC(C)N1c1ccc(F)cc1. The minimum absolute atomic E-state index is 0.175. The molecule has 1 aromatic rings. The quantitative estimate of drug-likeness (QED) is 0.879. The lowest BCUT2D eigenvalue weighted by atomic mass is 10.1. The van der Waals surface area contributed by atoms with Gasteiger partial charge in [-0.05, 0) is 45.3 Å². The van der Waals surface area contributed by atoms with E-state index in [1.54, 1.807) is 0 Å². The van der Waals surface area contributed by atoms with E-state index in [0.29, 0.717) is 12.1 Å². The number of anilines is 1. The van der Waals surface area contributed by atoms with Crippen LogP contribution in [0.3, 0.4) is 0 Å². The van der Waals surface area contributed by atoms with Crippen molar-refractivity contribution in [3.05, 3.63) is 30.1 Å². The predicted molar refractivity (Wildman–Crippen MR) is 73.6 cm³/mol. The first-order chi connectivity index (χ1) is 8.61. The van der Waals surface area contributed by atoms with Gasteiger partial charge >= 0.3 is 0 Å². The highest BCUT2D eigenvalue weighted by Gasteiger charge is 2.30. The molecule has 0 aromatic heterocycles. The Morgan fingerprint density at radius 1 is 1.28 bits per heavy atom. The Morgan fingerprint density at radius 3 is 2.56 bits per heavy atom. The van der Waals surface area contributed by atoms with Crippen LogP contribution in [0.25, 0.3) is 0 Å². The molecule has 1 aliphatic rings. The van der Waals surface area contributed by atoms with Gasteiger partial charge < -0.3 is 15.1 Å². The number of halogens is 1. The van der Waals surface area contributed by atoms with Crippen LogP contribution in [0.1, 0.15) is 6.92 Å². The average Bonchev–Trinajstić information content (AvgIpc) is 2.31. The highest BCUT2D eigenvalue weighted by Crippen LogP contribution is 2.24. The van der Waals surface area contributed by atoms with Crippen LogP contribution >= 0.6 is 0 Å². The summed E-state index contributed by atoms with van der Waals surface area (Å²) >= 11 is 0. The molecule has 2 rings (SSSR count). The zero-order chi connectivity index (χ0) is 13.1. The van der Waals surface area contributed by atoms with Gasteiger partial charge in [0.15, 0.2) is 0 Å². The summed E-state index contributed by atoms with van der Waals surface area (Å²) in [7, 11) is 4.13. The van der Waals surface area contributed by atoms with Crippen molar-refractivity contribution in [1.29, 1.82) is 0 Å². The third-order valence-corrected chi connectivity index (χ3v) is 3.53. The third-order valence-electron chi connectivity index (χ3n) is 3.53. The second-order valence-electron chi connectivity index (χ2n) is 5.17. The highest BCUT2D eigenvalue weighted by atomic mass is 19.1. The van der Waals surface area contributed by atoms with Gasteiger partial charge in [-0.15, -0.1) is 0 Å². The molecule has 0 amide bonds. The predicted octanol–water partition coefficient (Wildman–Crippen LogP) is 1.55. The zero-order valence-electron chi connectivity index (χ0n) is 11.4. The topological polar surface area (TPSA) is 18.5 Å². The van der Waals surface area contributed by atoms with Crippen LogP contribution in [-0.4, -0.2) is 50.7 Å². The summed E-state index contributed by atoms with van der Waals surface area (Å²) in [6, 6.07) is 7.69. The molecule has 0 aliphatic carbocycles. The molecule has 1 heterocycles. The lowest BCUT2D eigenvalue weighted by molar-refractivity contribution is 0.230. The smallest absolute Gasteiger partial charge is 0.123 e. The Bertz CT molecular complexity index is 379. The van der Waals surface area contributed by atoms with E-state index in [0.717, 1.165) is 25.3 Å². The number of rotatable bonds is 3. The summed E-state index contributed by atoms with van der Waals surface area (Å²) in [4.78, 5) is 4.75. The summed E-state index contributed by atoms with van der Waals surface area (Å²) in [5, 5.41) is 3.25. The Labute approximate surface area is 109 Å². The van der Waals surface area contributed by atoms with E-state index < -0.39 is 0 Å². The van der Waals surface area contributed by atoms with Gasteiger partial charge in [0, 0.05) is 31.4 Å². The van der Waals surface area contributed by atoms with Gasteiger partial charge in [0.05, 0.1) is 6.04 Å². The molecular weight excluding hydrogens is 229 g/mol. The monoisotopic (exact) mass is 251 g/mol. The third kappa shape index (κ3) is 2.82. The summed E-state index contributed by atoms with van der Waals surface area (Å²) in [6.07, 6.45) is 0. The average molecular weight is 251 g/mol. The molecule has 2 atom stereocenters. The molecule has 2 unspecified atom stereocenters. The maximum atomic E-state index is 13.0. The van der Waals surface area contributed by atoms with E-state index in [-0.39, 0.29) is 5.82 Å². The van der Waals surface area contributed by atoms with E-state index in [9.17, 15) is 4.39 Å². The van der Waals surface area contributed by atoms with Crippen molar-refractivity contribution in [2.75, 3.05) is 38.6 Å². The van der Waals surface area contributed by atoms with E-state index in [4.69, 9.17) is 0 Å². The fourth-order valence-corrected chi connectivity index (χ4v) is 2.90. The van der Waals surface area contributed by atoms with Gasteiger partial charge in [0.25, 0.3) is 0 Å². The van der Waals surface area contributed by atoms with Crippen LogP contribution in [-0.2, 0) is 0 Å². The van der Waals surface area contributed by atoms with Crippen LogP contribution in [0, 0.1) is 5.82 Å². The van der Waals surface area contributed by atoms with Gasteiger partial charge in [-0.2, -0.15) is 0 Å². The highest BCUT2D eigenvalue weighted by molar-refractivity contribution is 5.49. The Kier molecular flexibility index (Phi) is 4.19. The summed E-state index contributed by atoms with van der Waals surface area (Å²) in [5.74, 6) is -0.175. The number of hydrogen-bond acceptors (Lipinski definition) is 3. The summed E-state index contributed by atoms with van der Waals surface area (Å²) in [5.41, 5.74) is 1.11. The molecule has 1 aromatic carbocycles. The maximum Gasteiger partial charge on any atom is 0.123 e. The summed E-state index contributed by atoms with van der Waals surface area (Å²) < 4.78 is 13.0. The van der Waals surface area contributed by atoms with Crippen molar-refractivity contribution in [2.24, 2.45) is 0 Å². The second kappa shape index (κ2) is 5.67. The first kappa shape index (κ1) is 13.3. The Hall–Kier alpha value is -1.13. The zero-order valence-corrected chi connectivity index (χ0v) is 11.4. The summed E-state index contributed by atoms with van der Waals surface area (Å²) in [6.45, 7) is 5.23. The van der Waals surface area contributed by atoms with Crippen LogP contribution in [0.2, 0.25) is 0 Å². The normalized spacial score (nSPS) is 25.4. The van der Waals surface area contributed by atoms with E-state index in [1.165, 1.54) is 12.1 Å². The van der Waals surface area contributed by atoms with Crippen molar-refractivity contribution in [1.82, 2.24) is 10.2 Å². The molecule has 18 heavy (non-hydrogen) atoms. The lowest BCUT2D eigenvalue weighted by Gasteiger charge is -2.46. The molecule has 1 aliphatic heterocycles. The molecule has 100 valence electrons. The first-order valence-corrected chi connectivity index (χ1v) is 6.49. The number of hydrogen-bond donors (Lipinski definition) is 1. The van der Waals surface area contributed by atoms with Gasteiger partial charge in [0.1, 0.15) is 5.82 Å². The van der Waals surface area contributed by atoms with E-state index in [2.05, 4.69) is 29.1 Å². The van der Waals surface area contributed by atoms with Gasteiger partial charge in [-0.3, -0.25) is 0 Å². The molecule has 1 fully saturated rings. The van der Waals surface area contributed by atoms with Gasteiger partial charge in [0.2, 0.25) is 0 Å². The fraction of sp³-hybridized carbons (Fsp3) is 0.571. The van der Waals surface area contributed by atoms with Crippen molar-refractivity contribution < 1.29 is 4.39 Å². The molecule has 4 heteroatoms. The molecule has 0 radical (unpaired) electrons. The minimum Gasteiger partial charge on any atom is -0.362 e. The number of nitrogens with zero attached hydrogens (tertiary/aromatic N) is 2. The fourth-order valence-electron chi connectivity index (χ4n) is 2.90. The number of likely N-dealkylation sites (N-methyl/N-ethyl adjacent to an activating group) is 2. The molecular formula is C14H22FN3. The lowest BCUT2D eigenvalue weighted by Crippen LogP contribution is -2.59. The van der Waals surface area contributed by atoms with Crippen molar-refractivity contribution in [2.45, 2.75) is 19.0 Å². The first-order valence-electron chi connectivity index (χ1n) is 6.49. The maximum absolute atomic E-state index is 13.0. The van der Waals surface area contributed by atoms with E-state index >= 15 is 0 Å². The van der Waals surface area contributed by atoms with Crippen molar-refractivity contribution in [3.63, 3.8) is 0 Å². The van der Waals surface area contributed by atoms with Crippen LogP contribution in [0.5, 0.6) is 0 Å². The Balaban J connectivity index is 2.23. The van der Waals surface area contributed by atoms with E-state index in [1.807, 2.05) is 19.2 Å². The number of nitrogens with one attached hydrogen (secondary N) is 1. The van der Waals surface area contributed by atoms with Crippen LogP contribution in [0.15, 0.2) is 24.3 Å². The van der Waals surface area contributed by atoms with Crippen molar-refractivity contribution >= 4 is 5.69 Å². The van der Waals surface area contributed by atoms with Crippen molar-refractivity contribution in [3.8, 4) is 0 Å². The Morgan fingerprint density at radius 2 is 1.94 bits per heavy atom. The van der Waals surface area contributed by atoms with Crippen LogP contribution in [0.4, 0.5) is 10.1 Å². The second-order valence-corrected chi connectivity index (χ2v) is 5.17. The van der Waals surface area contributed by atoms with Gasteiger partial charge in [-0.1, -0.05) is 0 Å². The standard InChI is InChI=1S/C14H22FN3/c1-11-9-17(3)10-14(8-16-2)18(11)13-6-4-12(15)5-7-13/h4-7,11,14,16H,8-10H2,1-3H3. The number of piperazine rings is 1. The van der Waals surface area contributed by atoms with Crippen LogP contribution < -0.4 is 10.2 Å². The molecule has 3 nitrogen and oxygen atoms in total. The molecule has 0 saturated carbocycles. The molecule has 1 N–H and O–H groups in total. The molecule has 0 spiro atoms. The largest absolute Gasteiger partial charge is 0.362 e. The van der Waals surface area contributed by atoms with Gasteiger partial charge in [-0.25, -0.2) is 4.39 Å². The number of benzene rings is 1.